The van der Waals surface area contributed by atoms with E-state index < -0.39 is 0 Å². The van der Waals surface area contributed by atoms with Gasteiger partial charge in [-0.1, -0.05) is 146 Å². The van der Waals surface area contributed by atoms with Crippen LogP contribution in [0, 0.1) is 0 Å². The molecule has 12 rings (SSSR count). The third-order valence-electron chi connectivity index (χ3n) is 11.6. The molecule has 268 valence electrons. The second kappa shape index (κ2) is 12.5. The number of fused-ring (bicyclic) bond motifs is 10. The number of hydrogen-bond acceptors (Lipinski definition) is 4. The highest BCUT2D eigenvalue weighted by Gasteiger charge is 2.42. The Kier molecular flexibility index (Phi) is 6.95. The third kappa shape index (κ3) is 4.87. The van der Waals surface area contributed by atoms with Crippen LogP contribution >= 0.6 is 0 Å². The van der Waals surface area contributed by atoms with Crippen molar-refractivity contribution < 1.29 is 4.74 Å². The van der Waals surface area contributed by atoms with Crippen molar-refractivity contribution in [3.63, 3.8) is 0 Å². The van der Waals surface area contributed by atoms with Crippen molar-refractivity contribution in [3.05, 3.63) is 199 Å². The molecule has 0 radical (unpaired) electrons. The maximum absolute atomic E-state index is 7.00. The summed E-state index contributed by atoms with van der Waals surface area (Å²) in [6, 6.07) is 61.4. The lowest BCUT2D eigenvalue weighted by Crippen LogP contribution is -2.14. The van der Waals surface area contributed by atoms with E-state index in [0.717, 1.165) is 72.3 Å². The molecule has 0 bridgehead atoms. The van der Waals surface area contributed by atoms with Crippen molar-refractivity contribution in [2.45, 2.75) is 12.0 Å². The van der Waals surface area contributed by atoms with Gasteiger partial charge in [0.25, 0.3) is 0 Å². The summed E-state index contributed by atoms with van der Waals surface area (Å²) in [6.45, 7) is 0. The van der Waals surface area contributed by atoms with Crippen LogP contribution in [0.15, 0.2) is 182 Å². The lowest BCUT2D eigenvalue weighted by molar-refractivity contribution is 0.224. The van der Waals surface area contributed by atoms with Gasteiger partial charge >= 0.3 is 0 Å². The molecule has 6 heteroatoms. The average molecular weight is 732 g/mol. The van der Waals surface area contributed by atoms with Crippen molar-refractivity contribution in [1.82, 2.24) is 24.1 Å². The molecule has 0 spiro atoms. The molecule has 0 fully saturated rings. The highest BCUT2D eigenvalue weighted by Crippen LogP contribution is 2.55. The van der Waals surface area contributed by atoms with Gasteiger partial charge in [0.1, 0.15) is 11.9 Å². The van der Waals surface area contributed by atoms with Crippen LogP contribution in [0.1, 0.15) is 28.8 Å². The molecular formula is C51H33N5O. The molecule has 0 N–H and O–H groups in total. The first-order valence-electron chi connectivity index (χ1n) is 19.4. The van der Waals surface area contributed by atoms with Crippen molar-refractivity contribution in [2.75, 3.05) is 0 Å². The zero-order chi connectivity index (χ0) is 37.5. The predicted octanol–water partition coefficient (Wildman–Crippen LogP) is 12.2. The van der Waals surface area contributed by atoms with Crippen LogP contribution in [0.4, 0.5) is 0 Å². The summed E-state index contributed by atoms with van der Waals surface area (Å²) in [5.74, 6) is 2.60. The Morgan fingerprint density at radius 3 is 1.74 bits per heavy atom. The van der Waals surface area contributed by atoms with Gasteiger partial charge in [-0.2, -0.15) is 9.97 Å². The van der Waals surface area contributed by atoms with Crippen LogP contribution in [0.25, 0.3) is 84.3 Å². The molecule has 0 saturated carbocycles. The summed E-state index contributed by atoms with van der Waals surface area (Å²) in [7, 11) is 0. The van der Waals surface area contributed by atoms with E-state index in [9.17, 15) is 0 Å². The van der Waals surface area contributed by atoms with Gasteiger partial charge in [-0.15, -0.1) is 0 Å². The smallest absolute Gasteiger partial charge is 0.238 e. The molecule has 1 aliphatic carbocycles. The summed E-state index contributed by atoms with van der Waals surface area (Å²) in [5, 5.41) is 3.50. The van der Waals surface area contributed by atoms with E-state index in [4.69, 9.17) is 19.7 Å². The maximum atomic E-state index is 7.00. The molecule has 1 aliphatic heterocycles. The van der Waals surface area contributed by atoms with Crippen LogP contribution in [-0.2, 0) is 0 Å². The fourth-order valence-electron chi connectivity index (χ4n) is 9.08. The van der Waals surface area contributed by atoms with E-state index in [1.165, 1.54) is 10.9 Å². The van der Waals surface area contributed by atoms with Gasteiger partial charge in [-0.05, 0) is 53.6 Å². The number of hydrogen-bond donors (Lipinski definition) is 0. The minimum absolute atomic E-state index is 0.0409. The largest absolute Gasteiger partial charge is 0.484 e. The summed E-state index contributed by atoms with van der Waals surface area (Å²) in [5.41, 5.74) is 12.0. The summed E-state index contributed by atoms with van der Waals surface area (Å²) in [6.07, 6.45) is 4.37. The first-order valence-corrected chi connectivity index (χ1v) is 19.4. The molecule has 4 heterocycles. The zero-order valence-corrected chi connectivity index (χ0v) is 30.7. The Morgan fingerprint density at radius 1 is 0.439 bits per heavy atom. The Balaban J connectivity index is 1.05. The Bertz CT molecular complexity index is 3160. The maximum Gasteiger partial charge on any atom is 0.238 e. The number of rotatable bonds is 5. The molecule has 7 aromatic carbocycles. The molecule has 0 amide bonds. The number of ether oxygens (including phenoxy) is 1. The quantitative estimate of drug-likeness (QED) is 0.177. The fraction of sp³-hybridized carbons (Fsp3) is 0.0392. The highest BCUT2D eigenvalue weighted by molar-refractivity contribution is 6.09. The van der Waals surface area contributed by atoms with Crippen LogP contribution < -0.4 is 4.74 Å². The normalized spacial score (nSPS) is 15.4. The Labute approximate surface area is 328 Å². The molecule has 57 heavy (non-hydrogen) atoms. The van der Waals surface area contributed by atoms with E-state index in [1.54, 1.807) is 0 Å². The second-order valence-corrected chi connectivity index (χ2v) is 14.7. The van der Waals surface area contributed by atoms with Gasteiger partial charge in [0.2, 0.25) is 5.95 Å². The highest BCUT2D eigenvalue weighted by atomic mass is 16.5. The first-order chi connectivity index (χ1) is 28.3. The number of nitrogens with zero attached hydrogens (tertiary/aromatic N) is 5. The summed E-state index contributed by atoms with van der Waals surface area (Å²) in [4.78, 5) is 15.9. The average Bonchev–Trinajstić information content (AvgIpc) is 3.95. The SMILES string of the molecule is C1=CC2c3c(cccc3-c3nc(-c4ccc(-c5ccccc5)cc4)nc(-n4c5ccccc5c5ccccc54)n3)OC2c2c1n(-c1ccccc1)c1ccccc21. The molecule has 0 saturated heterocycles. The van der Waals surface area contributed by atoms with Crippen LogP contribution in [-0.4, -0.2) is 24.1 Å². The lowest BCUT2D eigenvalue weighted by atomic mass is 9.83. The minimum Gasteiger partial charge on any atom is -0.484 e. The van der Waals surface area contributed by atoms with E-state index in [-0.39, 0.29) is 12.0 Å². The first kappa shape index (κ1) is 31.7. The topological polar surface area (TPSA) is 57.8 Å². The van der Waals surface area contributed by atoms with Crippen molar-refractivity contribution in [3.8, 4) is 51.3 Å². The number of benzene rings is 7. The molecule has 6 nitrogen and oxygen atoms in total. The third-order valence-corrected chi connectivity index (χ3v) is 11.6. The second-order valence-electron chi connectivity index (χ2n) is 14.7. The van der Waals surface area contributed by atoms with E-state index in [1.807, 2.05) is 6.07 Å². The Morgan fingerprint density at radius 2 is 1.02 bits per heavy atom. The van der Waals surface area contributed by atoms with Gasteiger partial charge < -0.3 is 9.30 Å². The van der Waals surface area contributed by atoms with Gasteiger partial charge in [0.05, 0.1) is 22.2 Å². The molecular weight excluding hydrogens is 699 g/mol. The van der Waals surface area contributed by atoms with E-state index in [2.05, 4.69) is 191 Å². The van der Waals surface area contributed by atoms with E-state index >= 15 is 0 Å². The molecule has 3 aromatic heterocycles. The standard InChI is InChI=1S/C51H33N5O/c1-3-14-32(15-4-1)33-26-28-34(29-27-33)49-52-50(54-51(53-49)56-41-22-10-7-18-36(41)37-19-8-11-23-42(37)56)40-21-13-25-45-46(40)39-30-31-44-47(48(39)57-45)38-20-9-12-24-43(38)55(44)35-16-5-2-6-17-35/h1-31,39,48H. The lowest BCUT2D eigenvalue weighted by Gasteiger charge is -2.22. The number of para-hydroxylation sites is 4. The van der Waals surface area contributed by atoms with Crippen molar-refractivity contribution in [2.24, 2.45) is 0 Å². The van der Waals surface area contributed by atoms with Crippen molar-refractivity contribution in [1.29, 1.82) is 0 Å². The van der Waals surface area contributed by atoms with E-state index in [0.29, 0.717) is 17.6 Å². The predicted molar refractivity (Wildman–Crippen MR) is 229 cm³/mol. The Hall–Kier alpha value is -7.57. The molecule has 10 aromatic rings. The van der Waals surface area contributed by atoms with Gasteiger partial charge in [0.15, 0.2) is 11.6 Å². The molecule has 2 atom stereocenters. The number of aromatic nitrogens is 5. The van der Waals surface area contributed by atoms with Gasteiger partial charge in [-0.25, -0.2) is 4.98 Å². The zero-order valence-electron chi connectivity index (χ0n) is 30.7. The fourth-order valence-corrected chi connectivity index (χ4v) is 9.08. The van der Waals surface area contributed by atoms with Crippen LogP contribution in [0.5, 0.6) is 5.75 Å². The van der Waals surface area contributed by atoms with Crippen LogP contribution in [0.2, 0.25) is 0 Å². The summed E-state index contributed by atoms with van der Waals surface area (Å²) >= 11 is 0. The van der Waals surface area contributed by atoms with Gasteiger partial charge in [-0.3, -0.25) is 4.57 Å². The molecule has 2 aliphatic rings. The van der Waals surface area contributed by atoms with Crippen LogP contribution in [0.3, 0.4) is 0 Å². The van der Waals surface area contributed by atoms with Crippen molar-refractivity contribution >= 4 is 38.8 Å². The summed E-state index contributed by atoms with van der Waals surface area (Å²) < 4.78 is 11.5. The van der Waals surface area contributed by atoms with Gasteiger partial charge in [0, 0.05) is 50.0 Å². The minimum atomic E-state index is -0.209. The monoisotopic (exact) mass is 731 g/mol. The molecule has 2 unspecified atom stereocenters.